The Morgan fingerprint density at radius 1 is 1.10 bits per heavy atom. The molecule has 1 saturated carbocycles. The van der Waals surface area contributed by atoms with Gasteiger partial charge in [0.2, 0.25) is 0 Å². The van der Waals surface area contributed by atoms with Gasteiger partial charge in [-0.05, 0) is 47.6 Å². The van der Waals surface area contributed by atoms with E-state index >= 15 is 0 Å². The van der Waals surface area contributed by atoms with Crippen molar-refractivity contribution in [2.75, 3.05) is 5.43 Å². The van der Waals surface area contributed by atoms with Gasteiger partial charge in [0.25, 0.3) is 0 Å². The van der Waals surface area contributed by atoms with Crippen LogP contribution < -0.4 is 11.3 Å². The van der Waals surface area contributed by atoms with Crippen molar-refractivity contribution in [2.45, 2.75) is 31.6 Å². The first-order chi connectivity index (χ1) is 9.76. The number of aromatic nitrogens is 2. The minimum atomic E-state index is 0.549. The zero-order valence-electron chi connectivity index (χ0n) is 11.1. The number of rotatable bonds is 3. The van der Waals surface area contributed by atoms with E-state index in [1.807, 2.05) is 6.07 Å². The van der Waals surface area contributed by atoms with Gasteiger partial charge in [0.05, 0.1) is 0 Å². The Hall–Kier alpha value is -1.21. The van der Waals surface area contributed by atoms with Crippen LogP contribution in [0.3, 0.4) is 0 Å². The lowest BCUT2D eigenvalue weighted by molar-refractivity contribution is 0.695. The first-order valence-corrected chi connectivity index (χ1v) is 7.95. The third-order valence-electron chi connectivity index (χ3n) is 3.77. The third-order valence-corrected chi connectivity index (χ3v) is 4.49. The van der Waals surface area contributed by atoms with Crippen LogP contribution in [0.25, 0.3) is 11.4 Å². The van der Waals surface area contributed by atoms with Crippen molar-refractivity contribution >= 4 is 28.4 Å². The van der Waals surface area contributed by atoms with Crippen molar-refractivity contribution < 1.29 is 0 Å². The average Bonchev–Trinajstić information content (AvgIpc) is 3.02. The van der Waals surface area contributed by atoms with E-state index < -0.39 is 0 Å². The van der Waals surface area contributed by atoms with Crippen molar-refractivity contribution in [3.8, 4) is 11.4 Å². The minimum absolute atomic E-state index is 0.549. The van der Waals surface area contributed by atoms with Crippen LogP contribution in [0.1, 0.15) is 37.3 Å². The standard InChI is InChI=1S/C15H17IN4/c16-12-7-5-11(6-8-12)15-18-13(9-14(19-15)20-17)10-3-1-2-4-10/h5-10H,1-4,17H2,(H,18,19,20). The fourth-order valence-electron chi connectivity index (χ4n) is 2.70. The molecular weight excluding hydrogens is 363 g/mol. The molecule has 0 aliphatic heterocycles. The van der Waals surface area contributed by atoms with Crippen LogP contribution in [0.2, 0.25) is 0 Å². The van der Waals surface area contributed by atoms with E-state index in [1.165, 1.54) is 29.3 Å². The van der Waals surface area contributed by atoms with Crippen LogP contribution in [0.5, 0.6) is 0 Å². The molecule has 0 saturated heterocycles. The number of nitrogens with one attached hydrogen (secondary N) is 1. The first kappa shape index (κ1) is 13.8. The number of hydrogen-bond donors (Lipinski definition) is 2. The molecule has 104 valence electrons. The fourth-order valence-corrected chi connectivity index (χ4v) is 3.06. The first-order valence-electron chi connectivity index (χ1n) is 6.88. The molecule has 1 fully saturated rings. The molecule has 20 heavy (non-hydrogen) atoms. The lowest BCUT2D eigenvalue weighted by atomic mass is 10.0. The molecule has 1 heterocycles. The quantitative estimate of drug-likeness (QED) is 0.484. The SMILES string of the molecule is NNc1cc(C2CCCC2)nc(-c2ccc(I)cc2)n1. The predicted octanol–water partition coefficient (Wildman–Crippen LogP) is 3.69. The maximum absolute atomic E-state index is 5.55. The smallest absolute Gasteiger partial charge is 0.161 e. The molecule has 2 aromatic rings. The van der Waals surface area contributed by atoms with Crippen LogP contribution in [-0.4, -0.2) is 9.97 Å². The number of halogens is 1. The van der Waals surface area contributed by atoms with Gasteiger partial charge in [-0.2, -0.15) is 0 Å². The van der Waals surface area contributed by atoms with E-state index in [0.717, 1.165) is 17.1 Å². The maximum Gasteiger partial charge on any atom is 0.161 e. The zero-order valence-corrected chi connectivity index (χ0v) is 13.3. The Kier molecular flexibility index (Phi) is 4.16. The molecule has 0 amide bonds. The number of benzene rings is 1. The Morgan fingerprint density at radius 2 is 1.80 bits per heavy atom. The van der Waals surface area contributed by atoms with Gasteiger partial charge in [0.1, 0.15) is 5.82 Å². The molecule has 4 nitrogen and oxygen atoms in total. The van der Waals surface area contributed by atoms with Crippen LogP contribution >= 0.6 is 22.6 Å². The molecule has 0 radical (unpaired) electrons. The average molecular weight is 380 g/mol. The van der Waals surface area contributed by atoms with E-state index in [4.69, 9.17) is 10.8 Å². The Balaban J connectivity index is 2.01. The highest BCUT2D eigenvalue weighted by molar-refractivity contribution is 14.1. The van der Waals surface area contributed by atoms with Crippen molar-refractivity contribution in [1.82, 2.24) is 9.97 Å². The Morgan fingerprint density at radius 3 is 2.45 bits per heavy atom. The number of nitrogens with two attached hydrogens (primary N) is 1. The molecule has 1 aliphatic rings. The van der Waals surface area contributed by atoms with E-state index in [2.05, 4.69) is 57.3 Å². The molecule has 5 heteroatoms. The van der Waals surface area contributed by atoms with E-state index in [-0.39, 0.29) is 0 Å². The van der Waals surface area contributed by atoms with Crippen LogP contribution in [0.4, 0.5) is 5.82 Å². The summed E-state index contributed by atoms with van der Waals surface area (Å²) in [5.74, 6) is 7.53. The normalized spacial score (nSPS) is 15.5. The summed E-state index contributed by atoms with van der Waals surface area (Å²) in [6.45, 7) is 0. The summed E-state index contributed by atoms with van der Waals surface area (Å²) >= 11 is 2.29. The second-order valence-corrected chi connectivity index (χ2v) is 6.38. The second kappa shape index (κ2) is 6.05. The number of nitrogens with zero attached hydrogens (tertiary/aromatic N) is 2. The van der Waals surface area contributed by atoms with Gasteiger partial charge in [0, 0.05) is 26.8 Å². The molecule has 3 rings (SSSR count). The summed E-state index contributed by atoms with van der Waals surface area (Å²) in [6, 6.07) is 10.2. The van der Waals surface area contributed by atoms with E-state index in [9.17, 15) is 0 Å². The van der Waals surface area contributed by atoms with Crippen LogP contribution in [0, 0.1) is 3.57 Å². The molecular formula is C15H17IN4. The fraction of sp³-hybridized carbons (Fsp3) is 0.333. The number of hydrogen-bond acceptors (Lipinski definition) is 4. The lowest BCUT2D eigenvalue weighted by Crippen LogP contribution is -2.11. The lowest BCUT2D eigenvalue weighted by Gasteiger charge is -2.12. The van der Waals surface area contributed by atoms with Crippen molar-refractivity contribution in [1.29, 1.82) is 0 Å². The Labute approximate surface area is 132 Å². The van der Waals surface area contributed by atoms with Crippen LogP contribution in [0.15, 0.2) is 30.3 Å². The molecule has 1 aromatic heterocycles. The van der Waals surface area contributed by atoms with Crippen molar-refractivity contribution in [3.63, 3.8) is 0 Å². The molecule has 0 unspecified atom stereocenters. The monoisotopic (exact) mass is 380 g/mol. The van der Waals surface area contributed by atoms with Crippen molar-refractivity contribution in [2.24, 2.45) is 5.84 Å². The largest absolute Gasteiger partial charge is 0.308 e. The highest BCUT2D eigenvalue weighted by atomic mass is 127. The zero-order chi connectivity index (χ0) is 13.9. The summed E-state index contributed by atoms with van der Waals surface area (Å²) in [7, 11) is 0. The van der Waals surface area contributed by atoms with Crippen molar-refractivity contribution in [3.05, 3.63) is 39.6 Å². The van der Waals surface area contributed by atoms with Gasteiger partial charge < -0.3 is 5.43 Å². The van der Waals surface area contributed by atoms with Gasteiger partial charge in [-0.1, -0.05) is 25.0 Å². The number of hydrazine groups is 1. The third kappa shape index (κ3) is 2.93. The van der Waals surface area contributed by atoms with Gasteiger partial charge >= 0.3 is 0 Å². The van der Waals surface area contributed by atoms with Gasteiger partial charge in [-0.15, -0.1) is 0 Å². The number of anilines is 1. The molecule has 1 aliphatic carbocycles. The highest BCUT2D eigenvalue weighted by Crippen LogP contribution is 2.34. The topological polar surface area (TPSA) is 63.8 Å². The summed E-state index contributed by atoms with van der Waals surface area (Å²) in [5.41, 5.74) is 4.80. The highest BCUT2D eigenvalue weighted by Gasteiger charge is 2.20. The maximum atomic E-state index is 5.55. The summed E-state index contributed by atoms with van der Waals surface area (Å²) in [4.78, 5) is 9.23. The predicted molar refractivity (Wildman–Crippen MR) is 89.2 cm³/mol. The van der Waals surface area contributed by atoms with Gasteiger partial charge in [0.15, 0.2) is 5.82 Å². The van der Waals surface area contributed by atoms with E-state index in [0.29, 0.717) is 11.7 Å². The summed E-state index contributed by atoms with van der Waals surface area (Å²) in [5, 5.41) is 0. The molecule has 3 N–H and O–H groups in total. The van der Waals surface area contributed by atoms with Gasteiger partial charge in [-0.25, -0.2) is 15.8 Å². The van der Waals surface area contributed by atoms with Crippen LogP contribution in [-0.2, 0) is 0 Å². The second-order valence-electron chi connectivity index (χ2n) is 5.13. The molecule has 0 spiro atoms. The van der Waals surface area contributed by atoms with E-state index in [1.54, 1.807) is 0 Å². The summed E-state index contributed by atoms with van der Waals surface area (Å²) in [6.07, 6.45) is 5.01. The van der Waals surface area contributed by atoms with Gasteiger partial charge in [-0.3, -0.25) is 0 Å². The Bertz CT molecular complexity index is 591. The molecule has 0 bridgehead atoms. The molecule has 0 atom stereocenters. The molecule has 1 aromatic carbocycles. The summed E-state index contributed by atoms with van der Waals surface area (Å²) < 4.78 is 1.20. The minimum Gasteiger partial charge on any atom is -0.308 e. The number of nitrogen functional groups attached to an aromatic ring is 1.